The minimum atomic E-state index is -1.35. The standard InChI is InChI=1S/C12H12N2O4/c1-2-8-4-3-5-9(6-8)13-12(18)14-10(7-15)11(16)17/h1,3-6,10,15H,7H2,(H,16,17)(H2,13,14,18)/t10-/m1/s1. The smallest absolute Gasteiger partial charge is 0.328 e. The molecule has 0 aliphatic carbocycles. The van der Waals surface area contributed by atoms with Crippen LogP contribution >= 0.6 is 0 Å². The summed E-state index contributed by atoms with van der Waals surface area (Å²) in [6, 6.07) is 4.44. The van der Waals surface area contributed by atoms with Gasteiger partial charge in [-0.3, -0.25) is 0 Å². The van der Waals surface area contributed by atoms with Gasteiger partial charge in [-0.25, -0.2) is 9.59 Å². The normalized spacial score (nSPS) is 11.1. The van der Waals surface area contributed by atoms with Gasteiger partial charge in [-0.05, 0) is 18.2 Å². The van der Waals surface area contributed by atoms with Crippen LogP contribution in [0.4, 0.5) is 10.5 Å². The number of carbonyl (C=O) groups excluding carboxylic acids is 1. The highest BCUT2D eigenvalue weighted by molar-refractivity contribution is 5.92. The van der Waals surface area contributed by atoms with Gasteiger partial charge in [0, 0.05) is 11.3 Å². The van der Waals surface area contributed by atoms with Crippen molar-refractivity contribution in [2.24, 2.45) is 0 Å². The minimum absolute atomic E-state index is 0.435. The van der Waals surface area contributed by atoms with Crippen LogP contribution in [0.1, 0.15) is 5.56 Å². The van der Waals surface area contributed by atoms with Crippen LogP contribution in [-0.4, -0.2) is 34.9 Å². The average Bonchev–Trinajstić information content (AvgIpc) is 2.35. The van der Waals surface area contributed by atoms with Gasteiger partial charge >= 0.3 is 12.0 Å². The fourth-order valence-electron chi connectivity index (χ4n) is 1.20. The van der Waals surface area contributed by atoms with Gasteiger partial charge in [-0.15, -0.1) is 6.42 Å². The number of carbonyl (C=O) groups is 2. The topological polar surface area (TPSA) is 98.7 Å². The van der Waals surface area contributed by atoms with Crippen LogP contribution in [-0.2, 0) is 4.79 Å². The molecule has 0 aliphatic heterocycles. The maximum Gasteiger partial charge on any atom is 0.328 e. The van der Waals surface area contributed by atoms with Gasteiger partial charge in [-0.1, -0.05) is 12.0 Å². The second-order valence-corrected chi connectivity index (χ2v) is 3.40. The number of nitrogens with one attached hydrogen (secondary N) is 2. The molecule has 4 N–H and O–H groups in total. The number of carboxylic acids is 1. The molecule has 2 amide bonds. The van der Waals surface area contributed by atoms with Crippen LogP contribution in [0.15, 0.2) is 24.3 Å². The first-order chi connectivity index (χ1) is 8.56. The maximum absolute atomic E-state index is 11.4. The van der Waals surface area contributed by atoms with Gasteiger partial charge in [0.15, 0.2) is 6.04 Å². The lowest BCUT2D eigenvalue weighted by atomic mass is 10.2. The third-order valence-corrected chi connectivity index (χ3v) is 2.07. The van der Waals surface area contributed by atoms with E-state index in [2.05, 4.69) is 16.6 Å². The summed E-state index contributed by atoms with van der Waals surface area (Å²) in [6.45, 7) is -0.687. The van der Waals surface area contributed by atoms with E-state index in [1.165, 1.54) is 0 Å². The first-order valence-corrected chi connectivity index (χ1v) is 5.04. The van der Waals surface area contributed by atoms with Gasteiger partial charge in [0.25, 0.3) is 0 Å². The number of hydrogen-bond acceptors (Lipinski definition) is 3. The summed E-state index contributed by atoms with van der Waals surface area (Å²) in [5.74, 6) is 1.09. The number of carboxylic acid groups (broad SMARTS) is 1. The molecular weight excluding hydrogens is 236 g/mol. The molecule has 0 unspecified atom stereocenters. The molecule has 1 atom stereocenters. The van der Waals surface area contributed by atoms with Gasteiger partial charge in [0.05, 0.1) is 6.61 Å². The highest BCUT2D eigenvalue weighted by atomic mass is 16.4. The molecule has 6 heteroatoms. The van der Waals surface area contributed by atoms with Gasteiger partial charge in [0.1, 0.15) is 0 Å². The van der Waals surface area contributed by atoms with E-state index >= 15 is 0 Å². The molecule has 0 saturated heterocycles. The monoisotopic (exact) mass is 248 g/mol. The first-order valence-electron chi connectivity index (χ1n) is 5.04. The van der Waals surface area contributed by atoms with Crippen molar-refractivity contribution in [2.75, 3.05) is 11.9 Å². The number of hydrogen-bond donors (Lipinski definition) is 4. The van der Waals surface area contributed by atoms with Crippen LogP contribution in [0.2, 0.25) is 0 Å². The van der Waals surface area contributed by atoms with Crippen molar-refractivity contribution in [3.8, 4) is 12.3 Å². The fraction of sp³-hybridized carbons (Fsp3) is 0.167. The van der Waals surface area contributed by atoms with Crippen LogP contribution < -0.4 is 10.6 Å². The Morgan fingerprint density at radius 1 is 1.44 bits per heavy atom. The lowest BCUT2D eigenvalue weighted by Gasteiger charge is -2.12. The molecule has 6 nitrogen and oxygen atoms in total. The molecule has 0 radical (unpaired) electrons. The second-order valence-electron chi connectivity index (χ2n) is 3.40. The Morgan fingerprint density at radius 2 is 2.17 bits per heavy atom. The van der Waals surface area contributed by atoms with Gasteiger partial charge in [-0.2, -0.15) is 0 Å². The van der Waals surface area contributed by atoms with Crippen molar-refractivity contribution < 1.29 is 19.8 Å². The Balaban J connectivity index is 2.64. The Bertz CT molecular complexity index is 493. The number of aliphatic carboxylic acids is 1. The van der Waals surface area contributed by atoms with E-state index in [4.69, 9.17) is 16.6 Å². The molecule has 0 spiro atoms. The number of urea groups is 1. The van der Waals surface area contributed by atoms with E-state index in [0.29, 0.717) is 11.3 Å². The fourth-order valence-corrected chi connectivity index (χ4v) is 1.20. The van der Waals surface area contributed by atoms with Crippen molar-refractivity contribution in [3.63, 3.8) is 0 Å². The van der Waals surface area contributed by atoms with Crippen molar-refractivity contribution in [1.82, 2.24) is 5.32 Å². The quantitative estimate of drug-likeness (QED) is 0.573. The van der Waals surface area contributed by atoms with E-state index in [1.54, 1.807) is 24.3 Å². The summed E-state index contributed by atoms with van der Waals surface area (Å²) in [5, 5.41) is 21.9. The largest absolute Gasteiger partial charge is 0.480 e. The molecule has 18 heavy (non-hydrogen) atoms. The van der Waals surface area contributed by atoms with E-state index < -0.39 is 24.6 Å². The Kier molecular flexibility index (Phi) is 4.72. The summed E-state index contributed by atoms with van der Waals surface area (Å²) in [6.07, 6.45) is 5.20. The maximum atomic E-state index is 11.4. The van der Waals surface area contributed by atoms with Crippen LogP contribution in [0.3, 0.4) is 0 Å². The van der Waals surface area contributed by atoms with Gasteiger partial charge in [0.2, 0.25) is 0 Å². The summed E-state index contributed by atoms with van der Waals surface area (Å²) >= 11 is 0. The third-order valence-electron chi connectivity index (χ3n) is 2.07. The summed E-state index contributed by atoms with van der Waals surface area (Å²) < 4.78 is 0. The molecule has 0 heterocycles. The van der Waals surface area contributed by atoms with Crippen molar-refractivity contribution in [1.29, 1.82) is 0 Å². The Hall–Kier alpha value is -2.52. The third kappa shape index (κ3) is 3.81. The van der Waals surface area contributed by atoms with Crippen molar-refractivity contribution in [3.05, 3.63) is 29.8 Å². The number of terminal acetylenes is 1. The summed E-state index contributed by atoms with van der Waals surface area (Å²) in [5.41, 5.74) is 1.02. The van der Waals surface area contributed by atoms with Crippen LogP contribution in [0.25, 0.3) is 0 Å². The zero-order valence-electron chi connectivity index (χ0n) is 9.38. The molecule has 0 bridgehead atoms. The SMILES string of the molecule is C#Cc1cccc(NC(=O)N[C@H](CO)C(=O)O)c1. The number of aliphatic hydroxyl groups excluding tert-OH is 1. The highest BCUT2D eigenvalue weighted by Gasteiger charge is 2.18. The van der Waals surface area contributed by atoms with Gasteiger partial charge < -0.3 is 20.8 Å². The lowest BCUT2D eigenvalue weighted by molar-refractivity contribution is -0.140. The second kappa shape index (κ2) is 6.27. The molecule has 94 valence electrons. The number of benzene rings is 1. The number of amides is 2. The Labute approximate surface area is 104 Å². The lowest BCUT2D eigenvalue weighted by Crippen LogP contribution is -2.45. The zero-order chi connectivity index (χ0) is 13.5. The molecule has 0 aromatic heterocycles. The van der Waals surface area contributed by atoms with E-state index in [-0.39, 0.29) is 0 Å². The van der Waals surface area contributed by atoms with Crippen molar-refractivity contribution in [2.45, 2.75) is 6.04 Å². The average molecular weight is 248 g/mol. The summed E-state index contributed by atoms with van der Waals surface area (Å²) in [4.78, 5) is 22.0. The van der Waals surface area contributed by atoms with E-state index in [1.807, 2.05) is 0 Å². The van der Waals surface area contributed by atoms with Crippen LogP contribution in [0.5, 0.6) is 0 Å². The molecule has 0 saturated carbocycles. The molecule has 1 aromatic carbocycles. The van der Waals surface area contributed by atoms with E-state index in [9.17, 15) is 9.59 Å². The molecular formula is C12H12N2O4. The number of aliphatic hydroxyl groups is 1. The van der Waals surface area contributed by atoms with Crippen molar-refractivity contribution >= 4 is 17.7 Å². The highest BCUT2D eigenvalue weighted by Crippen LogP contribution is 2.09. The molecule has 1 rings (SSSR count). The molecule has 0 fully saturated rings. The zero-order valence-corrected chi connectivity index (χ0v) is 9.38. The summed E-state index contributed by atoms with van der Waals surface area (Å²) in [7, 11) is 0. The number of anilines is 1. The van der Waals surface area contributed by atoms with E-state index in [0.717, 1.165) is 0 Å². The Morgan fingerprint density at radius 3 is 2.72 bits per heavy atom. The molecule has 0 aliphatic rings. The number of rotatable bonds is 4. The first kappa shape index (κ1) is 13.5. The molecule has 1 aromatic rings. The minimum Gasteiger partial charge on any atom is -0.480 e. The van der Waals surface area contributed by atoms with Crippen LogP contribution in [0, 0.1) is 12.3 Å². The predicted octanol–water partition coefficient (Wildman–Crippen LogP) is 0.235. The predicted molar refractivity (Wildman–Crippen MR) is 65.0 cm³/mol.